The van der Waals surface area contributed by atoms with Crippen LogP contribution in [0, 0.1) is 0 Å². The number of carbonyl (C=O) groups excluding carboxylic acids is 1. The largest absolute Gasteiger partial charge is 0.465 e. The minimum atomic E-state index is -3.72. The van der Waals surface area contributed by atoms with E-state index in [1.165, 1.54) is 13.1 Å². The highest BCUT2D eigenvalue weighted by molar-refractivity contribution is 9.11. The van der Waals surface area contributed by atoms with Crippen LogP contribution in [0.4, 0.5) is 0 Å². The summed E-state index contributed by atoms with van der Waals surface area (Å²) in [5.41, 5.74) is 0. The van der Waals surface area contributed by atoms with E-state index in [0.717, 1.165) is 15.6 Å². The van der Waals surface area contributed by atoms with Gasteiger partial charge in [0.15, 0.2) is 0 Å². The Morgan fingerprint density at radius 2 is 2.22 bits per heavy atom. The maximum absolute atomic E-state index is 12.1. The van der Waals surface area contributed by atoms with Crippen LogP contribution in [0.3, 0.4) is 0 Å². The first-order valence-corrected chi connectivity index (χ1v) is 8.28. The minimum absolute atomic E-state index is 0.0752. The first-order chi connectivity index (χ1) is 8.28. The number of hydrogen-bond acceptors (Lipinski definition) is 5. The second kappa shape index (κ2) is 6.33. The zero-order chi connectivity index (χ0) is 13.9. The highest BCUT2D eigenvalue weighted by Crippen LogP contribution is 2.35. The van der Waals surface area contributed by atoms with Crippen LogP contribution in [-0.4, -0.2) is 38.9 Å². The molecule has 0 saturated heterocycles. The smallest absolute Gasteiger partial charge is 0.321 e. The third kappa shape index (κ3) is 3.67. The summed E-state index contributed by atoms with van der Waals surface area (Å²) in [6.07, 6.45) is 0. The molecule has 0 N–H and O–H groups in total. The van der Waals surface area contributed by atoms with Crippen LogP contribution in [0.15, 0.2) is 14.1 Å². The summed E-state index contributed by atoms with van der Waals surface area (Å²) in [7, 11) is -2.40. The molecule has 0 aliphatic carbocycles. The molecule has 18 heavy (non-hydrogen) atoms. The standard InChI is InChI=1S/C9H11BrClNO4S2/c1-3-16-7(13)5-12(2)18(14,15)8-4-6(11)9(10)17-8/h4H,3,5H2,1-2H3. The zero-order valence-corrected chi connectivity index (χ0v) is 13.6. The van der Waals surface area contributed by atoms with Crippen molar-refractivity contribution in [2.45, 2.75) is 11.1 Å². The van der Waals surface area contributed by atoms with Gasteiger partial charge in [0.25, 0.3) is 10.0 Å². The summed E-state index contributed by atoms with van der Waals surface area (Å²) in [6.45, 7) is 1.54. The predicted molar refractivity (Wildman–Crippen MR) is 73.5 cm³/mol. The van der Waals surface area contributed by atoms with Crippen molar-refractivity contribution in [3.05, 3.63) is 14.9 Å². The number of carbonyl (C=O) groups is 1. The van der Waals surface area contributed by atoms with Crippen LogP contribution < -0.4 is 0 Å². The molecule has 0 unspecified atom stereocenters. The molecule has 0 aromatic carbocycles. The molecule has 1 rings (SSSR count). The van der Waals surface area contributed by atoms with Crippen LogP contribution in [-0.2, 0) is 19.6 Å². The predicted octanol–water partition coefficient (Wildman–Crippen LogP) is 2.35. The lowest BCUT2D eigenvalue weighted by molar-refractivity contribution is -0.143. The maximum Gasteiger partial charge on any atom is 0.321 e. The molecule has 0 fully saturated rings. The van der Waals surface area contributed by atoms with E-state index in [2.05, 4.69) is 15.9 Å². The lowest BCUT2D eigenvalue weighted by Gasteiger charge is -2.14. The van der Waals surface area contributed by atoms with Crippen molar-refractivity contribution in [1.82, 2.24) is 4.31 Å². The summed E-state index contributed by atoms with van der Waals surface area (Å²) in [4.78, 5) is 11.2. The van der Waals surface area contributed by atoms with E-state index in [4.69, 9.17) is 16.3 Å². The first kappa shape index (κ1) is 15.9. The topological polar surface area (TPSA) is 63.7 Å². The number of hydrogen-bond donors (Lipinski definition) is 0. The van der Waals surface area contributed by atoms with E-state index in [1.54, 1.807) is 6.92 Å². The molecular formula is C9H11BrClNO4S2. The van der Waals surface area contributed by atoms with E-state index < -0.39 is 16.0 Å². The molecule has 1 aromatic rings. The number of ether oxygens (including phenoxy) is 1. The third-order valence-corrected chi connectivity index (χ3v) is 6.67. The van der Waals surface area contributed by atoms with Gasteiger partial charge in [0, 0.05) is 7.05 Å². The van der Waals surface area contributed by atoms with Gasteiger partial charge in [-0.15, -0.1) is 11.3 Å². The molecule has 0 saturated carbocycles. The lowest BCUT2D eigenvalue weighted by atomic mass is 10.6. The van der Waals surface area contributed by atoms with E-state index in [9.17, 15) is 13.2 Å². The van der Waals surface area contributed by atoms with Gasteiger partial charge < -0.3 is 4.74 Å². The third-order valence-electron chi connectivity index (χ3n) is 1.94. The summed E-state index contributed by atoms with van der Waals surface area (Å²) in [5, 5.41) is 0.322. The Labute approximate surface area is 123 Å². The van der Waals surface area contributed by atoms with Crippen LogP contribution in [0.5, 0.6) is 0 Å². The number of sulfonamides is 1. The quantitative estimate of drug-likeness (QED) is 0.740. The molecule has 0 atom stereocenters. The SMILES string of the molecule is CCOC(=O)CN(C)S(=O)(=O)c1cc(Cl)c(Br)s1. The van der Waals surface area contributed by atoms with Crippen LogP contribution in [0.1, 0.15) is 6.92 Å². The monoisotopic (exact) mass is 375 g/mol. The van der Waals surface area contributed by atoms with Gasteiger partial charge in [-0.05, 0) is 28.9 Å². The van der Waals surface area contributed by atoms with Gasteiger partial charge >= 0.3 is 5.97 Å². The normalized spacial score (nSPS) is 11.8. The molecule has 0 amide bonds. The molecule has 5 nitrogen and oxygen atoms in total. The molecule has 0 bridgehead atoms. The summed E-state index contributed by atoms with van der Waals surface area (Å²) in [6, 6.07) is 1.34. The Hall–Kier alpha value is -0.150. The number of halogens is 2. The van der Waals surface area contributed by atoms with Gasteiger partial charge in [-0.25, -0.2) is 8.42 Å². The van der Waals surface area contributed by atoms with Crippen LogP contribution in [0.25, 0.3) is 0 Å². The number of nitrogens with zero attached hydrogens (tertiary/aromatic N) is 1. The van der Waals surface area contributed by atoms with E-state index in [0.29, 0.717) is 8.81 Å². The Bertz CT molecular complexity index is 523. The Morgan fingerprint density at radius 1 is 1.61 bits per heavy atom. The van der Waals surface area contributed by atoms with Gasteiger partial charge in [-0.3, -0.25) is 4.79 Å². The fourth-order valence-electron chi connectivity index (χ4n) is 1.08. The molecule has 1 aromatic heterocycles. The number of likely N-dealkylation sites (N-methyl/N-ethyl adjacent to an activating group) is 1. The summed E-state index contributed by atoms with van der Waals surface area (Å²) in [5.74, 6) is -0.592. The molecule has 9 heteroatoms. The van der Waals surface area contributed by atoms with E-state index >= 15 is 0 Å². The van der Waals surface area contributed by atoms with Crippen LogP contribution in [0.2, 0.25) is 5.02 Å². The molecule has 0 aliphatic heterocycles. The average molecular weight is 377 g/mol. The fraction of sp³-hybridized carbons (Fsp3) is 0.444. The van der Waals surface area contributed by atoms with Gasteiger partial charge in [0.05, 0.1) is 15.4 Å². The first-order valence-electron chi connectivity index (χ1n) is 4.85. The van der Waals surface area contributed by atoms with Gasteiger partial charge in [-0.2, -0.15) is 4.31 Å². The highest BCUT2D eigenvalue weighted by Gasteiger charge is 2.26. The average Bonchev–Trinajstić information content (AvgIpc) is 2.60. The van der Waals surface area contributed by atoms with Crippen LogP contribution >= 0.6 is 38.9 Å². The number of thiophene rings is 1. The maximum atomic E-state index is 12.1. The Morgan fingerprint density at radius 3 is 2.67 bits per heavy atom. The van der Waals surface area contributed by atoms with Crippen molar-refractivity contribution in [2.24, 2.45) is 0 Å². The summed E-state index contributed by atoms with van der Waals surface area (Å²) >= 11 is 9.92. The Balaban J connectivity index is 2.89. The van der Waals surface area contributed by atoms with Crippen molar-refractivity contribution in [2.75, 3.05) is 20.2 Å². The fourth-order valence-corrected chi connectivity index (χ4v) is 4.81. The molecule has 0 spiro atoms. The van der Waals surface area contributed by atoms with Crippen molar-refractivity contribution in [3.63, 3.8) is 0 Å². The molecule has 102 valence electrons. The van der Waals surface area contributed by atoms with Crippen molar-refractivity contribution < 1.29 is 17.9 Å². The molecular weight excluding hydrogens is 366 g/mol. The van der Waals surface area contributed by atoms with Crippen molar-refractivity contribution in [3.8, 4) is 0 Å². The number of rotatable bonds is 5. The van der Waals surface area contributed by atoms with Gasteiger partial charge in [-0.1, -0.05) is 11.6 Å². The highest BCUT2D eigenvalue weighted by atomic mass is 79.9. The second-order valence-corrected chi connectivity index (χ2v) is 8.30. The zero-order valence-electron chi connectivity index (χ0n) is 9.64. The number of esters is 1. The Kier molecular flexibility index (Phi) is 5.60. The van der Waals surface area contributed by atoms with Gasteiger partial charge in [0.2, 0.25) is 0 Å². The lowest BCUT2D eigenvalue weighted by Crippen LogP contribution is -2.32. The minimum Gasteiger partial charge on any atom is -0.465 e. The van der Waals surface area contributed by atoms with Gasteiger partial charge in [0.1, 0.15) is 10.8 Å². The summed E-state index contributed by atoms with van der Waals surface area (Å²) < 4.78 is 30.4. The van der Waals surface area contributed by atoms with Crippen molar-refractivity contribution in [1.29, 1.82) is 0 Å². The molecule has 0 radical (unpaired) electrons. The molecule has 0 aliphatic rings. The van der Waals surface area contributed by atoms with E-state index in [1.807, 2.05) is 0 Å². The van der Waals surface area contributed by atoms with E-state index in [-0.39, 0.29) is 17.4 Å². The second-order valence-electron chi connectivity index (χ2n) is 3.25. The molecule has 1 heterocycles. The van der Waals surface area contributed by atoms with Crippen molar-refractivity contribution >= 4 is 54.9 Å².